The Kier molecular flexibility index (Phi) is 4.09. The Labute approximate surface area is 134 Å². The maximum atomic E-state index is 12.8. The van der Waals surface area contributed by atoms with Gasteiger partial charge in [-0.2, -0.15) is 0 Å². The molecule has 3 nitrogen and oxygen atoms in total. The molecule has 0 saturated heterocycles. The number of thioether (sulfide) groups is 1. The van der Waals surface area contributed by atoms with Gasteiger partial charge in [0.25, 0.3) is 10.0 Å². The number of hydrogen-bond acceptors (Lipinski definition) is 3. The van der Waals surface area contributed by atoms with Crippen molar-refractivity contribution in [1.82, 2.24) is 0 Å². The number of sulfonamides is 1. The first-order valence-electron chi connectivity index (χ1n) is 6.75. The van der Waals surface area contributed by atoms with Gasteiger partial charge in [0.2, 0.25) is 0 Å². The van der Waals surface area contributed by atoms with E-state index in [9.17, 15) is 8.42 Å². The van der Waals surface area contributed by atoms with Gasteiger partial charge in [-0.15, -0.1) is 11.8 Å². The van der Waals surface area contributed by atoms with Crippen molar-refractivity contribution in [1.29, 1.82) is 0 Å². The Bertz CT molecular complexity index is 915. The summed E-state index contributed by atoms with van der Waals surface area (Å²) in [7, 11) is -3.64. The van der Waals surface area contributed by atoms with Crippen LogP contribution in [0.25, 0.3) is 10.8 Å². The maximum absolute atomic E-state index is 12.8. The minimum absolute atomic E-state index is 0.293. The molecule has 0 amide bonds. The third-order valence-electron chi connectivity index (χ3n) is 3.39. The maximum Gasteiger partial charge on any atom is 0.262 e. The molecule has 3 aromatic rings. The second kappa shape index (κ2) is 6.02. The molecule has 0 aliphatic heterocycles. The van der Waals surface area contributed by atoms with E-state index in [-0.39, 0.29) is 0 Å². The van der Waals surface area contributed by atoms with Crippen molar-refractivity contribution >= 4 is 38.2 Å². The van der Waals surface area contributed by atoms with E-state index in [1.54, 1.807) is 18.2 Å². The first-order chi connectivity index (χ1) is 10.6. The lowest BCUT2D eigenvalue weighted by molar-refractivity contribution is 0.602. The predicted molar refractivity (Wildman–Crippen MR) is 93.0 cm³/mol. The number of anilines is 1. The van der Waals surface area contributed by atoms with Gasteiger partial charge in [-0.3, -0.25) is 4.72 Å². The Morgan fingerprint density at radius 2 is 1.55 bits per heavy atom. The predicted octanol–water partition coefficient (Wildman–Crippen LogP) is 4.36. The fraction of sp³-hybridized carbons (Fsp3) is 0.0588. The molecule has 0 radical (unpaired) electrons. The Hall–Kier alpha value is -1.98. The van der Waals surface area contributed by atoms with Gasteiger partial charge in [-0.05, 0) is 29.8 Å². The van der Waals surface area contributed by atoms with Crippen LogP contribution < -0.4 is 4.72 Å². The zero-order chi connectivity index (χ0) is 15.6. The zero-order valence-electron chi connectivity index (χ0n) is 12.0. The average Bonchev–Trinajstić information content (AvgIpc) is 2.54. The Morgan fingerprint density at radius 1 is 0.864 bits per heavy atom. The van der Waals surface area contributed by atoms with Crippen molar-refractivity contribution in [3.8, 4) is 0 Å². The van der Waals surface area contributed by atoms with Crippen LogP contribution in [-0.2, 0) is 10.0 Å². The van der Waals surface area contributed by atoms with Gasteiger partial charge in [0.1, 0.15) is 0 Å². The molecule has 0 unspecified atom stereocenters. The molecule has 3 rings (SSSR count). The first kappa shape index (κ1) is 14.9. The highest BCUT2D eigenvalue weighted by molar-refractivity contribution is 7.99. The van der Waals surface area contributed by atoms with Crippen LogP contribution in [0.2, 0.25) is 0 Å². The average molecular weight is 329 g/mol. The molecule has 1 N–H and O–H groups in total. The molecule has 0 spiro atoms. The minimum Gasteiger partial charge on any atom is -0.278 e. The topological polar surface area (TPSA) is 46.2 Å². The van der Waals surface area contributed by atoms with Gasteiger partial charge < -0.3 is 0 Å². The molecule has 112 valence electrons. The molecule has 0 aromatic heterocycles. The number of hydrogen-bond donors (Lipinski definition) is 1. The normalized spacial score (nSPS) is 11.5. The third-order valence-corrected chi connectivity index (χ3v) is 5.61. The molecule has 22 heavy (non-hydrogen) atoms. The SMILES string of the molecule is CSc1ccccc1NS(=O)(=O)c1cccc2ccccc12. The molecular formula is C17H15NO2S2. The van der Waals surface area contributed by atoms with Crippen molar-refractivity contribution < 1.29 is 8.42 Å². The summed E-state index contributed by atoms with van der Waals surface area (Å²) < 4.78 is 28.2. The molecule has 5 heteroatoms. The Morgan fingerprint density at radius 3 is 2.36 bits per heavy atom. The summed E-state index contributed by atoms with van der Waals surface area (Å²) in [6.45, 7) is 0. The van der Waals surface area contributed by atoms with E-state index < -0.39 is 10.0 Å². The van der Waals surface area contributed by atoms with E-state index in [4.69, 9.17) is 0 Å². The van der Waals surface area contributed by atoms with E-state index in [0.717, 1.165) is 15.7 Å². The molecule has 0 aliphatic rings. The van der Waals surface area contributed by atoms with Crippen LogP contribution in [0.5, 0.6) is 0 Å². The van der Waals surface area contributed by atoms with Gasteiger partial charge in [0.15, 0.2) is 0 Å². The molecule has 0 bridgehead atoms. The second-order valence-electron chi connectivity index (χ2n) is 4.78. The van der Waals surface area contributed by atoms with Crippen molar-refractivity contribution in [3.05, 3.63) is 66.7 Å². The molecule has 0 heterocycles. The molecule has 0 saturated carbocycles. The quantitative estimate of drug-likeness (QED) is 0.723. The largest absolute Gasteiger partial charge is 0.278 e. The molecule has 3 aromatic carbocycles. The summed E-state index contributed by atoms with van der Waals surface area (Å²) in [5.74, 6) is 0. The van der Waals surface area contributed by atoms with Crippen LogP contribution in [0.4, 0.5) is 5.69 Å². The first-order valence-corrected chi connectivity index (χ1v) is 9.46. The molecule has 0 aliphatic carbocycles. The lowest BCUT2D eigenvalue weighted by Gasteiger charge is -2.12. The van der Waals surface area contributed by atoms with Crippen LogP contribution in [-0.4, -0.2) is 14.7 Å². The van der Waals surface area contributed by atoms with E-state index >= 15 is 0 Å². The second-order valence-corrected chi connectivity index (χ2v) is 7.28. The molecular weight excluding hydrogens is 314 g/mol. The highest BCUT2D eigenvalue weighted by Crippen LogP contribution is 2.29. The van der Waals surface area contributed by atoms with Crippen molar-refractivity contribution in [2.75, 3.05) is 11.0 Å². The van der Waals surface area contributed by atoms with Gasteiger partial charge in [-0.1, -0.05) is 48.5 Å². The highest BCUT2D eigenvalue weighted by Gasteiger charge is 2.18. The molecule has 0 fully saturated rings. The number of nitrogens with one attached hydrogen (secondary N) is 1. The van der Waals surface area contributed by atoms with E-state index in [0.29, 0.717) is 10.6 Å². The van der Waals surface area contributed by atoms with Crippen LogP contribution in [0, 0.1) is 0 Å². The summed E-state index contributed by atoms with van der Waals surface area (Å²) in [6.07, 6.45) is 1.92. The smallest absolute Gasteiger partial charge is 0.262 e. The number of fused-ring (bicyclic) bond motifs is 1. The number of benzene rings is 3. The number of para-hydroxylation sites is 1. The van der Waals surface area contributed by atoms with Gasteiger partial charge >= 0.3 is 0 Å². The van der Waals surface area contributed by atoms with Gasteiger partial charge in [0.05, 0.1) is 10.6 Å². The van der Waals surface area contributed by atoms with Crippen molar-refractivity contribution in [2.45, 2.75) is 9.79 Å². The van der Waals surface area contributed by atoms with E-state index in [2.05, 4.69) is 4.72 Å². The summed E-state index contributed by atoms with van der Waals surface area (Å²) in [6, 6.07) is 20.2. The van der Waals surface area contributed by atoms with Gasteiger partial charge in [0, 0.05) is 10.3 Å². The Balaban J connectivity index is 2.09. The highest BCUT2D eigenvalue weighted by atomic mass is 32.2. The van der Waals surface area contributed by atoms with Crippen LogP contribution in [0.1, 0.15) is 0 Å². The fourth-order valence-electron chi connectivity index (χ4n) is 2.36. The van der Waals surface area contributed by atoms with E-state index in [1.807, 2.05) is 54.8 Å². The summed E-state index contributed by atoms with van der Waals surface area (Å²) in [5, 5.41) is 1.63. The summed E-state index contributed by atoms with van der Waals surface area (Å²) in [4.78, 5) is 1.19. The van der Waals surface area contributed by atoms with Crippen LogP contribution in [0.3, 0.4) is 0 Å². The standard InChI is InChI=1S/C17H15NO2S2/c1-21-16-11-5-4-10-15(16)18-22(19,20)17-12-6-8-13-7-2-3-9-14(13)17/h2-12,18H,1H3. The van der Waals surface area contributed by atoms with Crippen molar-refractivity contribution in [2.24, 2.45) is 0 Å². The monoisotopic (exact) mass is 329 g/mol. The summed E-state index contributed by atoms with van der Waals surface area (Å²) in [5.41, 5.74) is 0.600. The van der Waals surface area contributed by atoms with Gasteiger partial charge in [-0.25, -0.2) is 8.42 Å². The van der Waals surface area contributed by atoms with Crippen molar-refractivity contribution in [3.63, 3.8) is 0 Å². The zero-order valence-corrected chi connectivity index (χ0v) is 13.6. The minimum atomic E-state index is -3.64. The van der Waals surface area contributed by atoms with E-state index in [1.165, 1.54) is 11.8 Å². The van der Waals surface area contributed by atoms with Crippen LogP contribution >= 0.6 is 11.8 Å². The number of rotatable bonds is 4. The lowest BCUT2D eigenvalue weighted by Crippen LogP contribution is -2.13. The lowest BCUT2D eigenvalue weighted by atomic mass is 10.1. The third kappa shape index (κ3) is 2.82. The summed E-state index contributed by atoms with van der Waals surface area (Å²) >= 11 is 1.51. The fourth-order valence-corrected chi connectivity index (χ4v) is 4.29. The van der Waals surface area contributed by atoms with Crippen LogP contribution in [0.15, 0.2) is 76.5 Å². The molecule has 0 atom stereocenters.